The molecule has 4 atom stereocenters. The molecule has 2 rings (SSSR count). The van der Waals surface area contributed by atoms with Crippen LogP contribution in [0.25, 0.3) is 0 Å². The van der Waals surface area contributed by atoms with Crippen LogP contribution in [-0.2, 0) is 9.22 Å². The first-order chi connectivity index (χ1) is 9.49. The maximum atomic E-state index is 12.0. The summed E-state index contributed by atoms with van der Waals surface area (Å²) in [5.74, 6) is 1.26. The second-order valence-corrected chi connectivity index (χ2v) is 13.9. The summed E-state index contributed by atoms with van der Waals surface area (Å²) in [6.07, 6.45) is 6.26. The Hall–Kier alpha value is -0.153. The molecule has 0 N–H and O–H groups in total. The van der Waals surface area contributed by atoms with Crippen molar-refractivity contribution in [2.24, 2.45) is 17.3 Å². The molecular weight excluding hydrogens is 276 g/mol. The van der Waals surface area contributed by atoms with E-state index < -0.39 is 8.32 Å². The summed E-state index contributed by atoms with van der Waals surface area (Å²) in [6, 6.07) is 0. The van der Waals surface area contributed by atoms with Gasteiger partial charge in [-0.25, -0.2) is 0 Å². The zero-order valence-corrected chi connectivity index (χ0v) is 16.1. The highest BCUT2D eigenvalue weighted by Crippen LogP contribution is 2.57. The Morgan fingerprint density at radius 1 is 1.19 bits per heavy atom. The van der Waals surface area contributed by atoms with Crippen molar-refractivity contribution in [2.45, 2.75) is 91.0 Å². The van der Waals surface area contributed by atoms with E-state index in [2.05, 4.69) is 40.8 Å². The highest BCUT2D eigenvalue weighted by Gasteiger charge is 2.54. The molecule has 0 radical (unpaired) electrons. The predicted molar refractivity (Wildman–Crippen MR) is 90.9 cm³/mol. The maximum absolute atomic E-state index is 12.0. The van der Waals surface area contributed by atoms with E-state index in [0.717, 1.165) is 6.42 Å². The van der Waals surface area contributed by atoms with Gasteiger partial charge < -0.3 is 4.43 Å². The first kappa shape index (κ1) is 17.2. The van der Waals surface area contributed by atoms with Crippen LogP contribution in [0.5, 0.6) is 0 Å². The summed E-state index contributed by atoms with van der Waals surface area (Å²) >= 11 is 0. The standard InChI is InChI=1S/C18H34O2Si/c1-13(19)14-10-11-15-16(9-8-12-18(14,15)5)20-21(6,7)17(2,3)4/h14-16H,8-12H2,1-7H3/t14?,15?,16-,18?/m0/s1. The van der Waals surface area contributed by atoms with E-state index in [1.807, 2.05) is 0 Å². The number of carbonyl (C=O) groups excluding carboxylic acids is 1. The van der Waals surface area contributed by atoms with Crippen LogP contribution in [0.3, 0.4) is 0 Å². The van der Waals surface area contributed by atoms with Crippen LogP contribution in [0.1, 0.15) is 66.7 Å². The zero-order valence-electron chi connectivity index (χ0n) is 15.1. The van der Waals surface area contributed by atoms with Crippen LogP contribution < -0.4 is 0 Å². The first-order valence-electron chi connectivity index (χ1n) is 8.67. The Morgan fingerprint density at radius 3 is 2.33 bits per heavy atom. The molecule has 2 fully saturated rings. The van der Waals surface area contributed by atoms with Gasteiger partial charge in [0.05, 0.1) is 0 Å². The van der Waals surface area contributed by atoms with E-state index in [-0.39, 0.29) is 16.4 Å². The molecule has 122 valence electrons. The molecule has 2 aliphatic carbocycles. The van der Waals surface area contributed by atoms with Crippen LogP contribution >= 0.6 is 0 Å². The van der Waals surface area contributed by atoms with E-state index in [1.54, 1.807) is 6.92 Å². The quantitative estimate of drug-likeness (QED) is 0.671. The number of hydrogen-bond donors (Lipinski definition) is 0. The van der Waals surface area contributed by atoms with Crippen molar-refractivity contribution in [3.63, 3.8) is 0 Å². The fourth-order valence-corrected chi connectivity index (χ4v) is 5.88. The molecule has 2 saturated carbocycles. The van der Waals surface area contributed by atoms with Gasteiger partial charge in [0.2, 0.25) is 0 Å². The van der Waals surface area contributed by atoms with E-state index in [0.29, 0.717) is 17.8 Å². The van der Waals surface area contributed by atoms with E-state index in [1.165, 1.54) is 25.7 Å². The number of ketones is 1. The lowest BCUT2D eigenvalue weighted by Crippen LogP contribution is -2.50. The van der Waals surface area contributed by atoms with E-state index in [9.17, 15) is 4.79 Å². The average Bonchev–Trinajstić information content (AvgIpc) is 2.65. The topological polar surface area (TPSA) is 26.3 Å². The van der Waals surface area contributed by atoms with Gasteiger partial charge in [-0.05, 0) is 62.1 Å². The lowest BCUT2D eigenvalue weighted by molar-refractivity contribution is -0.126. The molecule has 0 amide bonds. The molecule has 0 heterocycles. The van der Waals surface area contributed by atoms with Gasteiger partial charge in [-0.1, -0.05) is 34.1 Å². The van der Waals surface area contributed by atoms with Crippen molar-refractivity contribution in [3.05, 3.63) is 0 Å². The number of carbonyl (C=O) groups is 1. The smallest absolute Gasteiger partial charge is 0.192 e. The Kier molecular flexibility index (Phi) is 4.49. The number of Topliss-reactive ketones (excluding diaryl/α,β-unsaturated/α-hetero) is 1. The maximum Gasteiger partial charge on any atom is 0.192 e. The van der Waals surface area contributed by atoms with Gasteiger partial charge in [0, 0.05) is 12.0 Å². The fraction of sp³-hybridized carbons (Fsp3) is 0.944. The van der Waals surface area contributed by atoms with Gasteiger partial charge in [-0.3, -0.25) is 4.79 Å². The zero-order chi connectivity index (χ0) is 16.1. The van der Waals surface area contributed by atoms with Crippen molar-refractivity contribution >= 4 is 14.1 Å². The minimum Gasteiger partial charge on any atom is -0.414 e. The van der Waals surface area contributed by atoms with Gasteiger partial charge in [0.1, 0.15) is 5.78 Å². The Labute approximate surface area is 132 Å². The minimum absolute atomic E-state index is 0.192. The summed E-state index contributed by atoms with van der Waals surface area (Å²) in [7, 11) is -1.72. The monoisotopic (exact) mass is 310 g/mol. The molecule has 0 aromatic heterocycles. The second kappa shape index (κ2) is 5.49. The molecule has 2 nitrogen and oxygen atoms in total. The van der Waals surface area contributed by atoms with E-state index in [4.69, 9.17) is 4.43 Å². The largest absolute Gasteiger partial charge is 0.414 e. The Balaban J connectivity index is 2.19. The third kappa shape index (κ3) is 3.01. The van der Waals surface area contributed by atoms with Crippen molar-refractivity contribution in [2.75, 3.05) is 0 Å². The average molecular weight is 311 g/mol. The minimum atomic E-state index is -1.72. The Bertz CT molecular complexity index is 410. The van der Waals surface area contributed by atoms with Gasteiger partial charge in [0.15, 0.2) is 8.32 Å². The lowest BCUT2D eigenvalue weighted by Gasteiger charge is -2.48. The first-order valence-corrected chi connectivity index (χ1v) is 11.6. The van der Waals surface area contributed by atoms with Gasteiger partial charge in [0.25, 0.3) is 0 Å². The predicted octanol–water partition coefficient (Wildman–Crippen LogP) is 5.18. The number of hydrogen-bond acceptors (Lipinski definition) is 2. The van der Waals surface area contributed by atoms with Crippen LogP contribution in [0.15, 0.2) is 0 Å². The molecular formula is C18H34O2Si. The van der Waals surface area contributed by atoms with Crippen molar-refractivity contribution < 1.29 is 9.22 Å². The summed E-state index contributed by atoms with van der Waals surface area (Å²) in [5.41, 5.74) is 0.192. The summed E-state index contributed by atoms with van der Waals surface area (Å²) < 4.78 is 6.78. The van der Waals surface area contributed by atoms with Crippen LogP contribution in [0, 0.1) is 17.3 Å². The molecule has 2 aliphatic rings. The van der Waals surface area contributed by atoms with Crippen molar-refractivity contribution in [1.82, 2.24) is 0 Å². The molecule has 0 aromatic rings. The highest BCUT2D eigenvalue weighted by molar-refractivity contribution is 6.74. The van der Waals surface area contributed by atoms with Crippen molar-refractivity contribution in [3.8, 4) is 0 Å². The molecule has 0 spiro atoms. The highest BCUT2D eigenvalue weighted by atomic mass is 28.4. The van der Waals surface area contributed by atoms with Crippen LogP contribution in [0.4, 0.5) is 0 Å². The van der Waals surface area contributed by atoms with E-state index >= 15 is 0 Å². The SMILES string of the molecule is CC(=O)C1CCC2[C@@H](O[Si](C)(C)C(C)(C)C)CCCC12C. The van der Waals surface area contributed by atoms with Crippen LogP contribution in [-0.4, -0.2) is 20.2 Å². The molecule has 0 aliphatic heterocycles. The van der Waals surface area contributed by atoms with Gasteiger partial charge in [-0.15, -0.1) is 0 Å². The van der Waals surface area contributed by atoms with Crippen molar-refractivity contribution in [1.29, 1.82) is 0 Å². The number of rotatable bonds is 3. The van der Waals surface area contributed by atoms with Gasteiger partial charge >= 0.3 is 0 Å². The van der Waals surface area contributed by atoms with Crippen LogP contribution in [0.2, 0.25) is 18.1 Å². The molecule has 0 bridgehead atoms. The fourth-order valence-electron chi connectivity index (χ4n) is 4.48. The van der Waals surface area contributed by atoms with Gasteiger partial charge in [-0.2, -0.15) is 0 Å². The summed E-state index contributed by atoms with van der Waals surface area (Å²) in [4.78, 5) is 12.0. The normalized spacial score (nSPS) is 37.4. The summed E-state index contributed by atoms with van der Waals surface area (Å²) in [5, 5.41) is 0.263. The third-order valence-corrected chi connectivity index (χ3v) is 11.3. The molecule has 0 aromatic carbocycles. The second-order valence-electron chi connectivity index (χ2n) is 9.16. The number of fused-ring (bicyclic) bond motifs is 1. The molecule has 3 heteroatoms. The molecule has 21 heavy (non-hydrogen) atoms. The lowest BCUT2D eigenvalue weighted by atomic mass is 9.63. The molecule has 0 saturated heterocycles. The third-order valence-electron chi connectivity index (χ3n) is 6.81. The Morgan fingerprint density at radius 2 is 1.81 bits per heavy atom. The summed E-state index contributed by atoms with van der Waals surface area (Å²) in [6.45, 7) is 15.8. The molecule has 3 unspecified atom stereocenters.